The molecule has 21 heavy (non-hydrogen) atoms. The van der Waals surface area contributed by atoms with Gasteiger partial charge in [0.15, 0.2) is 0 Å². The molecule has 3 aromatic rings. The van der Waals surface area contributed by atoms with Gasteiger partial charge in [0, 0.05) is 17.1 Å². The first-order valence-corrected chi connectivity index (χ1v) is 7.49. The second kappa shape index (κ2) is 6.07. The lowest BCUT2D eigenvalue weighted by Crippen LogP contribution is -2.10. The van der Waals surface area contributed by atoms with Crippen LogP contribution in [0.1, 0.15) is 4.88 Å². The highest BCUT2D eigenvalue weighted by Gasteiger charge is 2.07. The molecule has 6 heteroatoms. The minimum absolute atomic E-state index is 0.510. The molecule has 0 radical (unpaired) electrons. The monoisotopic (exact) mass is 300 g/mol. The maximum atomic E-state index is 5.46. The van der Waals surface area contributed by atoms with Crippen molar-refractivity contribution in [1.82, 2.24) is 9.97 Å². The van der Waals surface area contributed by atoms with Crippen molar-refractivity contribution in [3.8, 4) is 5.75 Å². The first kappa shape index (κ1) is 13.8. The summed E-state index contributed by atoms with van der Waals surface area (Å²) in [5.41, 5.74) is 6.37. The number of ether oxygens (including phenoxy) is 1. The highest BCUT2D eigenvalue weighted by molar-refractivity contribution is 7.18. The van der Waals surface area contributed by atoms with Gasteiger partial charge in [0.25, 0.3) is 0 Å². The van der Waals surface area contributed by atoms with Gasteiger partial charge in [-0.25, -0.2) is 9.97 Å². The molecule has 5 nitrogen and oxygen atoms in total. The third kappa shape index (κ3) is 3.12. The maximum Gasteiger partial charge on any atom is 0.142 e. The summed E-state index contributed by atoms with van der Waals surface area (Å²) in [5, 5.41) is 4.36. The van der Waals surface area contributed by atoms with Gasteiger partial charge >= 0.3 is 0 Å². The molecule has 0 saturated carbocycles. The van der Waals surface area contributed by atoms with Crippen molar-refractivity contribution in [2.45, 2.75) is 6.92 Å². The van der Waals surface area contributed by atoms with Gasteiger partial charge in [-0.1, -0.05) is 0 Å². The zero-order valence-corrected chi connectivity index (χ0v) is 12.5. The molecule has 2 aromatic heterocycles. The third-order valence-electron chi connectivity index (χ3n) is 2.96. The van der Waals surface area contributed by atoms with Crippen molar-refractivity contribution < 1.29 is 4.74 Å². The summed E-state index contributed by atoms with van der Waals surface area (Å²) in [7, 11) is 0. The lowest BCUT2D eigenvalue weighted by molar-refractivity contribution is 0.328. The Morgan fingerprint density at radius 2 is 2.05 bits per heavy atom. The number of benzene rings is 1. The second-order valence-electron chi connectivity index (χ2n) is 4.58. The van der Waals surface area contributed by atoms with E-state index in [1.165, 1.54) is 4.88 Å². The lowest BCUT2D eigenvalue weighted by Gasteiger charge is -2.08. The van der Waals surface area contributed by atoms with E-state index >= 15 is 0 Å². The van der Waals surface area contributed by atoms with E-state index in [1.807, 2.05) is 24.3 Å². The van der Waals surface area contributed by atoms with E-state index < -0.39 is 0 Å². The number of aryl methyl sites for hydroxylation is 1. The maximum absolute atomic E-state index is 5.46. The Hall–Kier alpha value is -2.18. The van der Waals surface area contributed by atoms with Gasteiger partial charge in [-0.3, -0.25) is 0 Å². The van der Waals surface area contributed by atoms with Crippen LogP contribution in [0, 0.1) is 6.92 Å². The summed E-state index contributed by atoms with van der Waals surface area (Å²) < 4.78 is 5.46. The lowest BCUT2D eigenvalue weighted by atomic mass is 10.3. The molecule has 0 aliphatic heterocycles. The van der Waals surface area contributed by atoms with Gasteiger partial charge in [0.1, 0.15) is 29.3 Å². The van der Waals surface area contributed by atoms with E-state index in [-0.39, 0.29) is 0 Å². The SMILES string of the molecule is Cc1cc2c(Nc3ccc(OCCN)cc3)ncnc2s1. The van der Waals surface area contributed by atoms with Crippen LogP contribution < -0.4 is 15.8 Å². The average molecular weight is 300 g/mol. The van der Waals surface area contributed by atoms with Gasteiger partial charge in [-0.05, 0) is 37.3 Å². The predicted octanol–water partition coefficient (Wildman–Crippen LogP) is 3.08. The molecule has 108 valence electrons. The predicted molar refractivity (Wildman–Crippen MR) is 86.4 cm³/mol. The van der Waals surface area contributed by atoms with Crippen LogP contribution in [-0.4, -0.2) is 23.1 Å². The van der Waals surface area contributed by atoms with Crippen LogP contribution >= 0.6 is 11.3 Å². The van der Waals surface area contributed by atoms with E-state index in [2.05, 4.69) is 28.3 Å². The Labute approximate surface area is 126 Å². The summed E-state index contributed by atoms with van der Waals surface area (Å²) in [6, 6.07) is 9.84. The van der Waals surface area contributed by atoms with Crippen LogP contribution in [0.25, 0.3) is 10.2 Å². The first-order chi connectivity index (χ1) is 10.3. The van der Waals surface area contributed by atoms with E-state index in [9.17, 15) is 0 Å². The van der Waals surface area contributed by atoms with Gasteiger partial charge in [-0.2, -0.15) is 0 Å². The summed E-state index contributed by atoms with van der Waals surface area (Å²) >= 11 is 1.67. The fourth-order valence-electron chi connectivity index (χ4n) is 2.02. The molecule has 0 aliphatic carbocycles. The van der Waals surface area contributed by atoms with Crippen molar-refractivity contribution in [1.29, 1.82) is 0 Å². The molecule has 3 N–H and O–H groups in total. The van der Waals surface area contributed by atoms with E-state index in [0.29, 0.717) is 13.2 Å². The minimum atomic E-state index is 0.510. The fraction of sp³-hybridized carbons (Fsp3) is 0.200. The third-order valence-corrected chi connectivity index (χ3v) is 3.91. The number of rotatable bonds is 5. The molecule has 2 heterocycles. The number of fused-ring (bicyclic) bond motifs is 1. The van der Waals surface area contributed by atoms with E-state index in [0.717, 1.165) is 27.5 Å². The zero-order valence-electron chi connectivity index (χ0n) is 11.7. The number of nitrogens with one attached hydrogen (secondary N) is 1. The number of nitrogens with two attached hydrogens (primary N) is 1. The molecular formula is C15H16N4OS. The topological polar surface area (TPSA) is 73.1 Å². The van der Waals surface area contributed by atoms with E-state index in [1.54, 1.807) is 17.7 Å². The smallest absolute Gasteiger partial charge is 0.142 e. The van der Waals surface area contributed by atoms with Crippen LogP contribution in [0.15, 0.2) is 36.7 Å². The number of thiophene rings is 1. The Morgan fingerprint density at radius 3 is 2.81 bits per heavy atom. The fourth-order valence-corrected chi connectivity index (χ4v) is 2.87. The van der Waals surface area contributed by atoms with Crippen molar-refractivity contribution in [3.05, 3.63) is 41.5 Å². The summed E-state index contributed by atoms with van der Waals surface area (Å²) in [5.74, 6) is 1.63. The normalized spacial score (nSPS) is 10.8. The largest absolute Gasteiger partial charge is 0.492 e. The Kier molecular flexibility index (Phi) is 3.98. The van der Waals surface area contributed by atoms with Crippen LogP contribution in [0.5, 0.6) is 5.75 Å². The van der Waals surface area contributed by atoms with Gasteiger partial charge in [-0.15, -0.1) is 11.3 Å². The molecule has 0 atom stereocenters. The van der Waals surface area contributed by atoms with Crippen molar-refractivity contribution in [3.63, 3.8) is 0 Å². The van der Waals surface area contributed by atoms with Crippen molar-refractivity contribution in [2.24, 2.45) is 5.73 Å². The zero-order chi connectivity index (χ0) is 14.7. The number of aromatic nitrogens is 2. The molecule has 0 spiro atoms. The molecule has 0 aliphatic rings. The molecule has 3 rings (SSSR count). The molecule has 0 amide bonds. The van der Waals surface area contributed by atoms with Crippen molar-refractivity contribution in [2.75, 3.05) is 18.5 Å². The van der Waals surface area contributed by atoms with Gasteiger partial charge < -0.3 is 15.8 Å². The molecule has 1 aromatic carbocycles. The number of anilines is 2. The Balaban J connectivity index is 1.81. The first-order valence-electron chi connectivity index (χ1n) is 6.67. The number of nitrogens with zero attached hydrogens (tertiary/aromatic N) is 2. The second-order valence-corrected chi connectivity index (χ2v) is 5.82. The summed E-state index contributed by atoms with van der Waals surface area (Å²) in [4.78, 5) is 10.8. The number of hydrogen-bond acceptors (Lipinski definition) is 6. The molecule has 0 fully saturated rings. The molecule has 0 bridgehead atoms. The van der Waals surface area contributed by atoms with Gasteiger partial charge in [0.2, 0.25) is 0 Å². The summed E-state index contributed by atoms with van der Waals surface area (Å²) in [6.45, 7) is 3.10. The molecule has 0 saturated heterocycles. The molecular weight excluding hydrogens is 284 g/mol. The minimum Gasteiger partial charge on any atom is -0.492 e. The van der Waals surface area contributed by atoms with Crippen LogP contribution in [0.4, 0.5) is 11.5 Å². The van der Waals surface area contributed by atoms with Crippen LogP contribution in [-0.2, 0) is 0 Å². The summed E-state index contributed by atoms with van der Waals surface area (Å²) in [6.07, 6.45) is 1.58. The van der Waals surface area contributed by atoms with Crippen molar-refractivity contribution >= 4 is 33.1 Å². The van der Waals surface area contributed by atoms with Crippen LogP contribution in [0.2, 0.25) is 0 Å². The van der Waals surface area contributed by atoms with Gasteiger partial charge in [0.05, 0.1) is 5.39 Å². The average Bonchev–Trinajstić information content (AvgIpc) is 2.88. The standard InChI is InChI=1S/C15H16N4OS/c1-10-8-13-14(17-9-18-15(13)21-10)19-11-2-4-12(5-3-11)20-7-6-16/h2-5,8-9H,6-7,16H2,1H3,(H,17,18,19). The van der Waals surface area contributed by atoms with Crippen LogP contribution in [0.3, 0.4) is 0 Å². The number of hydrogen-bond donors (Lipinski definition) is 2. The quantitative estimate of drug-likeness (QED) is 0.757. The molecule has 0 unspecified atom stereocenters. The Bertz CT molecular complexity index is 739. The Morgan fingerprint density at radius 1 is 1.24 bits per heavy atom. The highest BCUT2D eigenvalue weighted by atomic mass is 32.1. The highest BCUT2D eigenvalue weighted by Crippen LogP contribution is 2.29. The van der Waals surface area contributed by atoms with E-state index in [4.69, 9.17) is 10.5 Å².